The van der Waals surface area contributed by atoms with E-state index in [4.69, 9.17) is 10.2 Å². The molecular formula is C16H21N5O2S. The van der Waals surface area contributed by atoms with E-state index in [0.717, 1.165) is 0 Å². The number of carbonyl (C=O) groups is 1. The van der Waals surface area contributed by atoms with Gasteiger partial charge in [-0.05, 0) is 26.0 Å². The lowest BCUT2D eigenvalue weighted by atomic mass is 10.3. The average molecular weight is 347 g/mol. The van der Waals surface area contributed by atoms with Gasteiger partial charge < -0.3 is 20.8 Å². The molecule has 2 aromatic heterocycles. The number of aromatic nitrogens is 1. The third-order valence-electron chi connectivity index (χ3n) is 2.93. The van der Waals surface area contributed by atoms with Crippen LogP contribution in [0, 0.1) is 0 Å². The molecule has 1 amide bonds. The number of nitrogens with zero attached hydrogens (tertiary/aromatic N) is 2. The summed E-state index contributed by atoms with van der Waals surface area (Å²) in [7, 11) is 0. The second-order valence-corrected chi connectivity index (χ2v) is 6.19. The van der Waals surface area contributed by atoms with Gasteiger partial charge in [0.1, 0.15) is 11.5 Å². The number of carbonyl (C=O) groups excluding carboxylic acids is 1. The summed E-state index contributed by atoms with van der Waals surface area (Å²) in [5.74, 6) is 1.51. The molecule has 0 fully saturated rings. The monoisotopic (exact) mass is 347 g/mol. The van der Waals surface area contributed by atoms with Crippen molar-refractivity contribution in [3.63, 3.8) is 0 Å². The third-order valence-corrected chi connectivity index (χ3v) is 3.66. The Morgan fingerprint density at radius 3 is 2.88 bits per heavy atom. The minimum atomic E-state index is -0.102. The molecule has 0 aromatic carbocycles. The Kier molecular flexibility index (Phi) is 6.14. The van der Waals surface area contributed by atoms with Gasteiger partial charge in [0.25, 0.3) is 0 Å². The zero-order valence-corrected chi connectivity index (χ0v) is 14.7. The molecular weight excluding hydrogens is 326 g/mol. The van der Waals surface area contributed by atoms with Crippen molar-refractivity contribution >= 4 is 28.3 Å². The molecule has 0 aliphatic carbocycles. The molecule has 0 saturated carbocycles. The highest BCUT2D eigenvalue weighted by molar-refractivity contribution is 7.13. The highest BCUT2D eigenvalue weighted by atomic mass is 32.1. The van der Waals surface area contributed by atoms with Gasteiger partial charge >= 0.3 is 0 Å². The molecule has 128 valence electrons. The number of aliphatic imine (C=N–C) groups is 1. The van der Waals surface area contributed by atoms with Crippen LogP contribution in [0.15, 0.2) is 38.6 Å². The third kappa shape index (κ3) is 5.54. The van der Waals surface area contributed by atoms with E-state index in [0.29, 0.717) is 41.4 Å². The van der Waals surface area contributed by atoms with E-state index in [1.54, 1.807) is 0 Å². The van der Waals surface area contributed by atoms with Gasteiger partial charge in [0, 0.05) is 18.8 Å². The molecule has 8 heteroatoms. The lowest BCUT2D eigenvalue weighted by molar-refractivity contribution is -0.119. The van der Waals surface area contributed by atoms with Gasteiger partial charge in [-0.1, -0.05) is 11.6 Å². The molecule has 0 radical (unpaired) electrons. The van der Waals surface area contributed by atoms with Gasteiger partial charge in [-0.25, -0.2) is 4.98 Å². The van der Waals surface area contributed by atoms with Crippen LogP contribution in [0.1, 0.15) is 26.5 Å². The van der Waals surface area contributed by atoms with Crippen LogP contribution in [-0.4, -0.2) is 23.4 Å². The summed E-state index contributed by atoms with van der Waals surface area (Å²) >= 11 is 1.38. The maximum Gasteiger partial charge on any atom is 0.217 e. The zero-order valence-electron chi connectivity index (χ0n) is 13.9. The molecule has 2 heterocycles. The molecule has 4 N–H and O–H groups in total. The molecule has 0 spiro atoms. The van der Waals surface area contributed by atoms with E-state index in [1.807, 2.05) is 37.4 Å². The molecule has 0 bridgehead atoms. The SMILES string of the molecule is CC(=O)NCc1ccc(-c2csc(/N=C(\N)NCC=C(C)C)n2)o1. The van der Waals surface area contributed by atoms with Gasteiger partial charge in [-0.15, -0.1) is 11.3 Å². The summed E-state index contributed by atoms with van der Waals surface area (Å²) in [5.41, 5.74) is 7.72. The molecule has 2 aromatic rings. The van der Waals surface area contributed by atoms with Crippen LogP contribution >= 0.6 is 11.3 Å². The molecule has 2 rings (SSSR count). The fourth-order valence-corrected chi connectivity index (χ4v) is 2.44. The number of thiazole rings is 1. The molecule has 0 atom stereocenters. The Morgan fingerprint density at radius 1 is 1.38 bits per heavy atom. The van der Waals surface area contributed by atoms with Gasteiger partial charge in [0.05, 0.1) is 6.54 Å². The van der Waals surface area contributed by atoms with Crippen molar-refractivity contribution in [2.45, 2.75) is 27.3 Å². The fourth-order valence-electron chi connectivity index (χ4n) is 1.75. The van der Waals surface area contributed by atoms with Crippen molar-refractivity contribution in [2.75, 3.05) is 6.54 Å². The molecule has 0 aliphatic rings. The minimum Gasteiger partial charge on any atom is -0.458 e. The van der Waals surface area contributed by atoms with Gasteiger partial charge in [-0.2, -0.15) is 4.99 Å². The summed E-state index contributed by atoms with van der Waals surface area (Å²) < 4.78 is 5.66. The van der Waals surface area contributed by atoms with Crippen molar-refractivity contribution in [3.05, 3.63) is 34.9 Å². The molecule has 0 unspecified atom stereocenters. The molecule has 0 saturated heterocycles. The fraction of sp³-hybridized carbons (Fsp3) is 0.312. The number of guanidine groups is 1. The maximum atomic E-state index is 10.9. The summed E-state index contributed by atoms with van der Waals surface area (Å²) in [6.45, 7) is 6.48. The Balaban J connectivity index is 1.99. The standard InChI is InChI=1S/C16H21N5O2S/c1-10(2)6-7-18-15(17)21-16-20-13(9-24-16)14-5-4-12(23-14)8-19-11(3)22/h4-6,9H,7-8H2,1-3H3,(H,19,22)(H3,17,18,20,21). The number of nitrogens with two attached hydrogens (primary N) is 1. The predicted molar refractivity (Wildman–Crippen MR) is 96.1 cm³/mol. The van der Waals surface area contributed by atoms with E-state index in [9.17, 15) is 4.79 Å². The second-order valence-electron chi connectivity index (χ2n) is 5.35. The van der Waals surface area contributed by atoms with Crippen molar-refractivity contribution < 1.29 is 9.21 Å². The topological polar surface area (TPSA) is 106 Å². The van der Waals surface area contributed by atoms with Crippen LogP contribution in [0.5, 0.6) is 0 Å². The van der Waals surface area contributed by atoms with Crippen LogP contribution in [0.3, 0.4) is 0 Å². The van der Waals surface area contributed by atoms with Gasteiger partial charge in [0.15, 0.2) is 11.7 Å². The first-order valence-electron chi connectivity index (χ1n) is 7.44. The number of amides is 1. The summed E-state index contributed by atoms with van der Waals surface area (Å²) in [5, 5.41) is 8.08. The van der Waals surface area contributed by atoms with Crippen LogP contribution in [0.2, 0.25) is 0 Å². The van der Waals surface area contributed by atoms with E-state index in [-0.39, 0.29) is 5.91 Å². The van der Waals surface area contributed by atoms with Crippen LogP contribution in [0.25, 0.3) is 11.5 Å². The Labute approximate surface area is 144 Å². The summed E-state index contributed by atoms with van der Waals surface area (Å²) in [4.78, 5) is 19.5. The smallest absolute Gasteiger partial charge is 0.217 e. The Hall–Kier alpha value is -2.61. The van der Waals surface area contributed by atoms with E-state index >= 15 is 0 Å². The van der Waals surface area contributed by atoms with E-state index in [2.05, 4.69) is 20.6 Å². The highest BCUT2D eigenvalue weighted by Crippen LogP contribution is 2.28. The largest absolute Gasteiger partial charge is 0.458 e. The van der Waals surface area contributed by atoms with Gasteiger partial charge in [-0.3, -0.25) is 4.79 Å². The highest BCUT2D eigenvalue weighted by Gasteiger charge is 2.09. The number of nitrogens with one attached hydrogen (secondary N) is 2. The van der Waals surface area contributed by atoms with Crippen LogP contribution in [-0.2, 0) is 11.3 Å². The number of hydrogen-bond donors (Lipinski definition) is 3. The van der Waals surface area contributed by atoms with Crippen molar-refractivity contribution in [1.29, 1.82) is 0 Å². The van der Waals surface area contributed by atoms with Crippen molar-refractivity contribution in [3.8, 4) is 11.5 Å². The van der Waals surface area contributed by atoms with Crippen LogP contribution < -0.4 is 16.4 Å². The first kappa shape index (κ1) is 17.7. The van der Waals surface area contributed by atoms with E-state index < -0.39 is 0 Å². The van der Waals surface area contributed by atoms with Crippen molar-refractivity contribution in [2.24, 2.45) is 10.7 Å². The second kappa shape index (κ2) is 8.30. The lowest BCUT2D eigenvalue weighted by Gasteiger charge is -2.00. The minimum absolute atomic E-state index is 0.102. The maximum absolute atomic E-state index is 10.9. The number of rotatable bonds is 6. The first-order valence-corrected chi connectivity index (χ1v) is 8.32. The number of hydrogen-bond acceptors (Lipinski definition) is 5. The number of furan rings is 1. The van der Waals surface area contributed by atoms with Crippen LogP contribution in [0.4, 0.5) is 5.13 Å². The quantitative estimate of drug-likeness (QED) is 0.423. The zero-order chi connectivity index (χ0) is 17.5. The van der Waals surface area contributed by atoms with Crippen molar-refractivity contribution in [1.82, 2.24) is 15.6 Å². The Morgan fingerprint density at radius 2 is 2.17 bits per heavy atom. The average Bonchev–Trinajstić information content (AvgIpc) is 3.13. The first-order chi connectivity index (χ1) is 11.4. The molecule has 0 aliphatic heterocycles. The normalized spacial score (nSPS) is 11.2. The molecule has 7 nitrogen and oxygen atoms in total. The molecule has 24 heavy (non-hydrogen) atoms. The predicted octanol–water partition coefficient (Wildman–Crippen LogP) is 2.54. The summed E-state index contributed by atoms with van der Waals surface area (Å²) in [6, 6.07) is 3.62. The van der Waals surface area contributed by atoms with E-state index in [1.165, 1.54) is 23.8 Å². The lowest BCUT2D eigenvalue weighted by Crippen LogP contribution is -2.31. The summed E-state index contributed by atoms with van der Waals surface area (Å²) in [6.07, 6.45) is 2.02. The Bertz CT molecular complexity index is 756. The van der Waals surface area contributed by atoms with Gasteiger partial charge in [0.2, 0.25) is 11.0 Å². The number of allylic oxidation sites excluding steroid dienone is 1.